The van der Waals surface area contributed by atoms with E-state index in [0.29, 0.717) is 5.92 Å². The number of thiol groups is 1. The Morgan fingerprint density at radius 1 is 0.444 bits per heavy atom. The first-order valence-corrected chi connectivity index (χ1v) is 23.4. The van der Waals surface area contributed by atoms with Gasteiger partial charge in [-0.25, -0.2) is 8.75 Å². The Morgan fingerprint density at radius 2 is 0.689 bits per heavy atom. The zero-order valence-corrected chi connectivity index (χ0v) is 36.5. The van der Waals surface area contributed by atoms with E-state index in [2.05, 4.69) is 69.2 Å². The van der Waals surface area contributed by atoms with Crippen LogP contribution >= 0.6 is 21.4 Å². The molecule has 5 atom stereocenters. The fourth-order valence-electron chi connectivity index (χ4n) is 8.01. The Kier molecular flexibility index (Phi) is 31.1. The fourth-order valence-corrected chi connectivity index (χ4v) is 17.3. The molecule has 1 nitrogen and oxygen atoms in total. The average Bonchev–Trinajstić information content (AvgIpc) is 3.05. The monoisotopic (exact) mass is 757 g/mol. The van der Waals surface area contributed by atoms with Crippen LogP contribution in [0.1, 0.15) is 198 Å². The van der Waals surface area contributed by atoms with Gasteiger partial charge in [-0.3, -0.25) is 0 Å². The van der Waals surface area contributed by atoms with E-state index in [0.717, 1.165) is 30.3 Å². The fraction of sp³-hybridized carbons (Fsp3) is 0.976. The molecule has 0 radical (unpaired) electrons. The van der Waals surface area contributed by atoms with E-state index in [-0.39, 0.29) is 21.1 Å². The first-order valence-electron chi connectivity index (χ1n) is 20.3. The van der Waals surface area contributed by atoms with E-state index in [1.165, 1.54) is 156 Å². The largest absolute Gasteiger partial charge is 0.335 e. The van der Waals surface area contributed by atoms with Gasteiger partial charge in [-0.05, 0) is 84.7 Å². The molecular weight excluding hydrogens is 669 g/mol. The first kappa shape index (κ1) is 48.3. The summed E-state index contributed by atoms with van der Waals surface area (Å²) in [5.41, 5.74) is 0. The molecule has 0 N–H and O–H groups in total. The molecule has 274 valence electrons. The molecule has 5 unspecified atom stereocenters. The number of rotatable bonds is 30. The van der Waals surface area contributed by atoms with Crippen molar-refractivity contribution >= 4 is 25.8 Å². The van der Waals surface area contributed by atoms with Gasteiger partial charge in [0.2, 0.25) is 0 Å². The molecule has 45 heavy (non-hydrogen) atoms. The molecule has 0 fully saturated rings. The zero-order chi connectivity index (χ0) is 33.3. The minimum absolute atomic E-state index is 0. The third kappa shape index (κ3) is 18.1. The van der Waals surface area contributed by atoms with E-state index in [4.69, 9.17) is 17.4 Å². The van der Waals surface area contributed by atoms with Gasteiger partial charge in [0.05, 0.1) is 6.61 Å². The van der Waals surface area contributed by atoms with Gasteiger partial charge in [0, 0.05) is 21.1 Å². The molecular formula is C41H86MoOS2. The van der Waals surface area contributed by atoms with Crippen molar-refractivity contribution in [1.82, 2.24) is 0 Å². The third-order valence-corrected chi connectivity index (χ3v) is 19.5. The van der Waals surface area contributed by atoms with Crippen molar-refractivity contribution in [2.45, 2.75) is 198 Å². The maximum Gasteiger partial charge on any atom is 0.116 e. The van der Waals surface area contributed by atoms with Gasteiger partial charge in [0.25, 0.3) is 0 Å². The van der Waals surface area contributed by atoms with E-state index in [1.807, 2.05) is 0 Å². The van der Waals surface area contributed by atoms with Crippen molar-refractivity contribution in [2.75, 3.05) is 29.6 Å². The van der Waals surface area contributed by atoms with Crippen molar-refractivity contribution < 1.29 is 25.8 Å². The maximum absolute atomic E-state index is 7.29. The van der Waals surface area contributed by atoms with E-state index in [1.54, 1.807) is 0 Å². The molecule has 0 amide bonds. The summed E-state index contributed by atoms with van der Waals surface area (Å²) in [6.45, 7) is 25.1. The SMILES string of the molecule is CCCCC(CC)COC(S)=S(CC(CC)CCCC)(CC(CC)CCCC)(CC(CC)CCCC)CC(CC)CCCC.[Mo]. The minimum atomic E-state index is -2.20. The summed E-state index contributed by atoms with van der Waals surface area (Å²) < 4.78 is 8.57. The maximum atomic E-state index is 7.29. The summed E-state index contributed by atoms with van der Waals surface area (Å²) in [6, 6.07) is 0. The summed E-state index contributed by atoms with van der Waals surface area (Å²) >= 11 is 5.76. The van der Waals surface area contributed by atoms with Gasteiger partial charge >= 0.3 is 0 Å². The molecule has 0 saturated carbocycles. The number of unbranched alkanes of at least 4 members (excludes halogenated alkanes) is 5. The van der Waals surface area contributed by atoms with Gasteiger partial charge in [-0.2, -0.15) is 0 Å². The van der Waals surface area contributed by atoms with Crippen LogP contribution in [-0.4, -0.2) is 34.0 Å². The smallest absolute Gasteiger partial charge is 0.116 e. The van der Waals surface area contributed by atoms with Crippen LogP contribution < -0.4 is 0 Å². The van der Waals surface area contributed by atoms with Crippen LogP contribution in [0.2, 0.25) is 0 Å². The van der Waals surface area contributed by atoms with E-state index in [9.17, 15) is 0 Å². The Balaban J connectivity index is 0. The summed E-state index contributed by atoms with van der Waals surface area (Å²) in [7, 11) is -2.20. The van der Waals surface area contributed by atoms with Crippen molar-refractivity contribution in [2.24, 2.45) is 29.6 Å². The third-order valence-electron chi connectivity index (χ3n) is 11.3. The molecule has 0 aromatic carbocycles. The molecule has 0 aromatic rings. The van der Waals surface area contributed by atoms with Crippen LogP contribution in [0, 0.1) is 29.6 Å². The van der Waals surface area contributed by atoms with Gasteiger partial charge in [-0.1, -0.05) is 166 Å². The molecule has 0 bridgehead atoms. The van der Waals surface area contributed by atoms with Gasteiger partial charge in [-0.15, -0.1) is 12.6 Å². The first-order chi connectivity index (χ1) is 21.2. The Labute approximate surface area is 306 Å². The number of ether oxygens (including phenoxy) is 1. The predicted molar refractivity (Wildman–Crippen MR) is 214 cm³/mol. The van der Waals surface area contributed by atoms with Crippen LogP contribution in [0.4, 0.5) is 0 Å². The second-order valence-electron chi connectivity index (χ2n) is 15.1. The minimum Gasteiger partial charge on any atom is -0.335 e. The zero-order valence-electron chi connectivity index (χ0n) is 32.7. The van der Waals surface area contributed by atoms with Crippen LogP contribution in [0.3, 0.4) is 0 Å². The molecule has 0 aliphatic rings. The molecule has 0 saturated heterocycles. The average molecular weight is 755 g/mol. The van der Waals surface area contributed by atoms with E-state index < -0.39 is 8.75 Å². The van der Waals surface area contributed by atoms with Gasteiger partial charge in [0.1, 0.15) is 4.38 Å². The number of hydrogen-bond donors (Lipinski definition) is 1. The van der Waals surface area contributed by atoms with Crippen LogP contribution in [0.25, 0.3) is 0 Å². The summed E-state index contributed by atoms with van der Waals surface area (Å²) in [5.74, 6) is 9.41. The summed E-state index contributed by atoms with van der Waals surface area (Å²) in [4.78, 5) is 0. The Morgan fingerprint density at radius 3 is 0.911 bits per heavy atom. The topological polar surface area (TPSA) is 9.23 Å². The van der Waals surface area contributed by atoms with Crippen LogP contribution in [-0.2, 0) is 25.8 Å². The summed E-state index contributed by atoms with van der Waals surface area (Å²) in [6.07, 6.45) is 26.6. The predicted octanol–water partition coefficient (Wildman–Crippen LogP) is 14.4. The molecule has 0 aliphatic carbocycles. The van der Waals surface area contributed by atoms with Crippen molar-refractivity contribution in [3.63, 3.8) is 0 Å². The van der Waals surface area contributed by atoms with Crippen LogP contribution in [0.15, 0.2) is 0 Å². The quantitative estimate of drug-likeness (QED) is 0.0436. The molecule has 4 heteroatoms. The van der Waals surface area contributed by atoms with Gasteiger partial charge in [0.15, 0.2) is 0 Å². The Hall–Kier alpha value is 1.22. The molecule has 0 aliphatic heterocycles. The molecule has 0 heterocycles. The molecule has 0 spiro atoms. The van der Waals surface area contributed by atoms with Gasteiger partial charge < -0.3 is 4.74 Å². The second-order valence-corrected chi connectivity index (χ2v) is 21.1. The van der Waals surface area contributed by atoms with Crippen LogP contribution in [0.5, 0.6) is 0 Å². The van der Waals surface area contributed by atoms with Crippen molar-refractivity contribution in [3.8, 4) is 0 Å². The molecule has 0 rings (SSSR count). The summed E-state index contributed by atoms with van der Waals surface area (Å²) in [5, 5.41) is 0. The second kappa shape index (κ2) is 29.0. The van der Waals surface area contributed by atoms with E-state index >= 15 is 0 Å². The Bertz CT molecular complexity index is 642. The number of hydrogen-bond acceptors (Lipinski definition) is 1. The normalized spacial score (nSPS) is 16.3. The standard InChI is InChI=1S/C41H86OS2.Mo/c1-11-21-26-36(16-6)31-42-41(43)44(32-37(17-7)27-22-12-2,33-38(18-8)28-23-13-3,34-39(19-9)29-24-14-4)35-40(20-10)30-25-15-5;/h36-40,43H,11-35H2,1-10H3;. The molecule has 0 aromatic heterocycles. The van der Waals surface area contributed by atoms with Crippen molar-refractivity contribution in [3.05, 3.63) is 0 Å². The van der Waals surface area contributed by atoms with Crippen molar-refractivity contribution in [1.29, 1.82) is 0 Å².